The summed E-state index contributed by atoms with van der Waals surface area (Å²) in [7, 11) is -2.92. The molecule has 2 aromatic heterocycles. The van der Waals surface area contributed by atoms with Gasteiger partial charge in [-0.2, -0.15) is 0 Å². The maximum absolute atomic E-state index is 13.8. The van der Waals surface area contributed by atoms with Crippen molar-refractivity contribution in [2.24, 2.45) is 0 Å². The van der Waals surface area contributed by atoms with Gasteiger partial charge in [-0.25, -0.2) is 9.78 Å². The molecule has 1 aromatic carbocycles. The fraction of sp³-hybridized carbons (Fsp3) is 0.429. The number of benzene rings is 1. The third-order valence-electron chi connectivity index (χ3n) is 7.92. The van der Waals surface area contributed by atoms with E-state index in [1.165, 1.54) is 6.92 Å². The average Bonchev–Trinajstić information content (AvgIpc) is 3.20. The third-order valence-corrected chi connectivity index (χ3v) is 12.6. The lowest BCUT2D eigenvalue weighted by Gasteiger charge is -2.47. The molecule has 2 aliphatic heterocycles. The van der Waals surface area contributed by atoms with Crippen LogP contribution in [0.5, 0.6) is 0 Å². The Morgan fingerprint density at radius 2 is 1.95 bits per heavy atom. The van der Waals surface area contributed by atoms with Crippen molar-refractivity contribution in [1.82, 2.24) is 9.55 Å². The van der Waals surface area contributed by atoms with Crippen LogP contribution in [0.15, 0.2) is 41.2 Å². The molecule has 9 heteroatoms. The summed E-state index contributed by atoms with van der Waals surface area (Å²) in [5.74, 6) is -0.933. The molecule has 194 valence electrons. The number of hydrogen-bond acceptors (Lipinski definition) is 7. The van der Waals surface area contributed by atoms with Crippen molar-refractivity contribution in [1.29, 1.82) is 0 Å². The van der Waals surface area contributed by atoms with Crippen LogP contribution < -0.4 is 5.56 Å². The molecule has 0 N–H and O–H groups in total. The van der Waals surface area contributed by atoms with Crippen molar-refractivity contribution in [3.05, 3.63) is 63.4 Å². The van der Waals surface area contributed by atoms with Gasteiger partial charge < -0.3 is 18.5 Å². The molecular weight excluding hydrogens is 488 g/mol. The van der Waals surface area contributed by atoms with Crippen LogP contribution in [0, 0.1) is 0 Å². The summed E-state index contributed by atoms with van der Waals surface area (Å²) in [5, 5.41) is 0.621. The quantitative estimate of drug-likeness (QED) is 0.281. The second-order valence-electron chi connectivity index (χ2n) is 11.1. The topological polar surface area (TPSA) is 96.7 Å². The molecule has 2 atom stereocenters. The van der Waals surface area contributed by atoms with Gasteiger partial charge >= 0.3 is 11.9 Å². The van der Waals surface area contributed by atoms with Crippen LogP contribution >= 0.6 is 0 Å². The molecular formula is C28H32N2O6Si. The number of aromatic nitrogens is 2. The highest BCUT2D eigenvalue weighted by molar-refractivity contribution is 6.75. The Morgan fingerprint density at radius 1 is 1.22 bits per heavy atom. The highest BCUT2D eigenvalue weighted by Gasteiger charge is 2.56. The van der Waals surface area contributed by atoms with Gasteiger partial charge in [-0.05, 0) is 36.2 Å². The van der Waals surface area contributed by atoms with E-state index in [2.05, 4.69) is 6.07 Å². The maximum Gasteiger partial charge on any atom is 0.342 e. The van der Waals surface area contributed by atoms with Crippen LogP contribution in [0.25, 0.3) is 22.3 Å². The minimum atomic E-state index is -2.92. The first kappa shape index (κ1) is 25.4. The zero-order valence-electron chi connectivity index (χ0n) is 22.1. The zero-order chi connectivity index (χ0) is 26.8. The van der Waals surface area contributed by atoms with Crippen molar-refractivity contribution in [2.45, 2.75) is 71.4 Å². The molecule has 0 amide bonds. The highest BCUT2D eigenvalue weighted by Crippen LogP contribution is 2.47. The molecule has 0 bridgehead atoms. The fourth-order valence-electron chi connectivity index (χ4n) is 5.11. The van der Waals surface area contributed by atoms with E-state index in [4.69, 9.17) is 18.9 Å². The molecule has 8 nitrogen and oxygen atoms in total. The van der Waals surface area contributed by atoms with Crippen molar-refractivity contribution >= 4 is 31.2 Å². The largest absolute Gasteiger partial charge is 0.467 e. The SMILES string of the molecule is CC[C@@]1(O[Si](C)(COC(C)=O)C(C)(C)C)C(=O)OCc2c1cc1n(c2=O)Cc2cc3ccccc3nc2-1. The number of pyridine rings is 2. The summed E-state index contributed by atoms with van der Waals surface area (Å²) in [6.07, 6.45) is 0.342. The Morgan fingerprint density at radius 3 is 2.62 bits per heavy atom. The normalized spacial score (nSPS) is 20.0. The van der Waals surface area contributed by atoms with Gasteiger partial charge in [0.1, 0.15) is 12.8 Å². The molecule has 0 radical (unpaired) electrons. The van der Waals surface area contributed by atoms with Crippen LogP contribution in [0.4, 0.5) is 0 Å². The number of cyclic esters (lactones) is 1. The van der Waals surface area contributed by atoms with Gasteiger partial charge in [0.25, 0.3) is 5.56 Å². The Hall–Kier alpha value is -3.30. The summed E-state index contributed by atoms with van der Waals surface area (Å²) in [6, 6.07) is 11.8. The minimum Gasteiger partial charge on any atom is -0.467 e. The van der Waals surface area contributed by atoms with Gasteiger partial charge in [0.05, 0.1) is 29.0 Å². The lowest BCUT2D eigenvalue weighted by atomic mass is 9.86. The van der Waals surface area contributed by atoms with E-state index in [-0.39, 0.29) is 29.9 Å². The molecule has 3 aromatic rings. The molecule has 0 saturated carbocycles. The first-order valence-corrected chi connectivity index (χ1v) is 15.2. The molecule has 1 unspecified atom stereocenters. The maximum atomic E-state index is 13.8. The number of carbonyl (C=O) groups excluding carboxylic acids is 2. The first-order chi connectivity index (χ1) is 17.4. The Bertz CT molecular complexity index is 1510. The monoisotopic (exact) mass is 520 g/mol. The second-order valence-corrected chi connectivity index (χ2v) is 15.6. The number of rotatable bonds is 5. The number of carbonyl (C=O) groups is 2. The Balaban J connectivity index is 1.70. The van der Waals surface area contributed by atoms with Crippen LogP contribution in [0.1, 0.15) is 57.7 Å². The molecule has 0 saturated heterocycles. The predicted octanol–water partition coefficient (Wildman–Crippen LogP) is 4.58. The van der Waals surface area contributed by atoms with Crippen molar-refractivity contribution in [2.75, 3.05) is 6.23 Å². The van der Waals surface area contributed by atoms with Crippen molar-refractivity contribution in [3.8, 4) is 11.4 Å². The van der Waals surface area contributed by atoms with E-state index in [1.54, 1.807) is 4.57 Å². The summed E-state index contributed by atoms with van der Waals surface area (Å²) >= 11 is 0. The van der Waals surface area contributed by atoms with Crippen LogP contribution in [0.3, 0.4) is 0 Å². The second kappa shape index (κ2) is 8.63. The fourth-order valence-corrected chi connectivity index (χ4v) is 7.49. The van der Waals surface area contributed by atoms with Gasteiger partial charge in [0, 0.05) is 23.4 Å². The molecule has 0 aliphatic carbocycles. The molecule has 5 rings (SSSR count). The molecule has 0 fully saturated rings. The van der Waals surface area contributed by atoms with E-state index in [0.717, 1.165) is 22.2 Å². The van der Waals surface area contributed by atoms with Crippen molar-refractivity contribution < 1.29 is 23.5 Å². The summed E-state index contributed by atoms with van der Waals surface area (Å²) < 4.78 is 19.6. The summed E-state index contributed by atoms with van der Waals surface area (Å²) in [4.78, 5) is 43.9. The van der Waals surface area contributed by atoms with E-state index >= 15 is 0 Å². The van der Waals surface area contributed by atoms with E-state index in [9.17, 15) is 14.4 Å². The predicted molar refractivity (Wildman–Crippen MR) is 141 cm³/mol. The van der Waals surface area contributed by atoms with Crippen LogP contribution in [-0.2, 0) is 42.2 Å². The molecule has 4 heterocycles. The third kappa shape index (κ3) is 3.92. The Labute approximate surface area is 216 Å². The Kier molecular flexibility index (Phi) is 5.91. The first-order valence-electron chi connectivity index (χ1n) is 12.6. The number of fused-ring (bicyclic) bond motifs is 5. The molecule has 37 heavy (non-hydrogen) atoms. The molecule has 0 spiro atoms. The molecule has 2 aliphatic rings. The van der Waals surface area contributed by atoms with E-state index in [1.807, 2.05) is 64.6 Å². The lowest BCUT2D eigenvalue weighted by Crippen LogP contribution is -2.58. The number of ether oxygens (including phenoxy) is 2. The number of esters is 2. The lowest BCUT2D eigenvalue weighted by molar-refractivity contribution is -0.170. The van der Waals surface area contributed by atoms with Gasteiger partial charge in [-0.3, -0.25) is 9.59 Å². The smallest absolute Gasteiger partial charge is 0.342 e. The van der Waals surface area contributed by atoms with Gasteiger partial charge in [0.2, 0.25) is 8.32 Å². The number of nitrogens with zero attached hydrogens (tertiary/aromatic N) is 2. The van der Waals surface area contributed by atoms with E-state index in [0.29, 0.717) is 23.4 Å². The highest BCUT2D eigenvalue weighted by atomic mass is 28.4. The van der Waals surface area contributed by atoms with Crippen LogP contribution in [-0.4, -0.2) is 36.0 Å². The summed E-state index contributed by atoms with van der Waals surface area (Å²) in [6.45, 7) is 11.5. The average molecular weight is 521 g/mol. The zero-order valence-corrected chi connectivity index (χ0v) is 23.1. The van der Waals surface area contributed by atoms with Gasteiger partial charge in [-0.15, -0.1) is 0 Å². The van der Waals surface area contributed by atoms with Gasteiger partial charge in [0.15, 0.2) is 5.60 Å². The van der Waals surface area contributed by atoms with E-state index < -0.39 is 25.9 Å². The van der Waals surface area contributed by atoms with Crippen LogP contribution in [0.2, 0.25) is 11.6 Å². The van der Waals surface area contributed by atoms with Gasteiger partial charge in [-0.1, -0.05) is 45.9 Å². The summed E-state index contributed by atoms with van der Waals surface area (Å²) in [5.41, 5.74) is 2.44. The standard InChI is InChI=1S/C28H32N2O6Si/c1-7-28(36-37(6,27(3,4)5)16-35-17(2)31)21-13-23-24-19(12-18-10-8-9-11-22(18)29-24)14-30(23)25(32)20(21)15-34-26(28)33/h8-13H,7,14-16H2,1-6H3/t28-,37?/m0/s1. The van der Waals surface area contributed by atoms with Crippen molar-refractivity contribution in [3.63, 3.8) is 0 Å². The number of hydrogen-bond donors (Lipinski definition) is 0. The minimum absolute atomic E-state index is 0.0799. The number of para-hydroxylation sites is 1.